The number of hydrogen-bond donors (Lipinski definition) is 2. The summed E-state index contributed by atoms with van der Waals surface area (Å²) < 4.78 is 4.96. The molecule has 1 atom stereocenters. The lowest BCUT2D eigenvalue weighted by atomic mass is 10.1. The van der Waals surface area contributed by atoms with Gasteiger partial charge < -0.3 is 10.1 Å². The summed E-state index contributed by atoms with van der Waals surface area (Å²) in [6, 6.07) is 1.83. The number of nitrogens with one attached hydrogen (secondary N) is 2. The number of ether oxygens (including phenoxy) is 1. The van der Waals surface area contributed by atoms with Gasteiger partial charge in [-0.3, -0.25) is 9.89 Å². The molecule has 0 radical (unpaired) electrons. The first-order valence-electron chi connectivity index (χ1n) is 4.96. The maximum absolute atomic E-state index is 11.4. The van der Waals surface area contributed by atoms with Gasteiger partial charge in [-0.15, -0.1) is 0 Å². The summed E-state index contributed by atoms with van der Waals surface area (Å²) in [5, 5.41) is 9.38. The van der Waals surface area contributed by atoms with Gasteiger partial charge >= 0.3 is 0 Å². The second-order valence-corrected chi connectivity index (χ2v) is 3.62. The zero-order chi connectivity index (χ0) is 11.1. The van der Waals surface area contributed by atoms with Gasteiger partial charge in [0.05, 0.1) is 12.2 Å². The molecule has 84 valence electrons. The summed E-state index contributed by atoms with van der Waals surface area (Å²) in [7, 11) is 1.64. The fourth-order valence-corrected chi connectivity index (χ4v) is 1.31. The van der Waals surface area contributed by atoms with Crippen LogP contribution in [0.2, 0.25) is 0 Å². The molecule has 1 amide bonds. The molecular weight excluding hydrogens is 194 g/mol. The minimum absolute atomic E-state index is 0.0363. The van der Waals surface area contributed by atoms with Crippen molar-refractivity contribution in [3.63, 3.8) is 0 Å². The Kier molecular flexibility index (Phi) is 4.83. The molecule has 2 N–H and O–H groups in total. The molecule has 0 aliphatic heterocycles. The second-order valence-electron chi connectivity index (χ2n) is 3.62. The molecule has 15 heavy (non-hydrogen) atoms. The highest BCUT2D eigenvalue weighted by molar-refractivity contribution is 5.76. The number of carbonyl (C=O) groups is 1. The first-order valence-corrected chi connectivity index (χ1v) is 4.96. The lowest BCUT2D eigenvalue weighted by Crippen LogP contribution is -2.25. The van der Waals surface area contributed by atoms with Crippen molar-refractivity contribution in [2.24, 2.45) is 5.92 Å². The number of aromatic amines is 1. The van der Waals surface area contributed by atoms with E-state index in [4.69, 9.17) is 4.74 Å². The first-order chi connectivity index (χ1) is 7.22. The minimum Gasteiger partial charge on any atom is -0.384 e. The Morgan fingerprint density at radius 3 is 3.13 bits per heavy atom. The average Bonchev–Trinajstić information content (AvgIpc) is 2.67. The van der Waals surface area contributed by atoms with Gasteiger partial charge in [-0.25, -0.2) is 0 Å². The molecule has 0 aromatic carbocycles. The smallest absolute Gasteiger partial charge is 0.220 e. The molecule has 0 bridgehead atoms. The molecule has 1 aromatic rings. The molecule has 5 nitrogen and oxygen atoms in total. The Hall–Kier alpha value is -1.36. The number of aromatic nitrogens is 2. The highest BCUT2D eigenvalue weighted by Crippen LogP contribution is 2.01. The fourth-order valence-electron chi connectivity index (χ4n) is 1.31. The zero-order valence-electron chi connectivity index (χ0n) is 9.12. The predicted molar refractivity (Wildman–Crippen MR) is 56.1 cm³/mol. The molecule has 0 spiro atoms. The van der Waals surface area contributed by atoms with Crippen LogP contribution in [0.4, 0.5) is 0 Å². The summed E-state index contributed by atoms with van der Waals surface area (Å²) in [4.78, 5) is 11.4. The van der Waals surface area contributed by atoms with Crippen molar-refractivity contribution in [2.45, 2.75) is 19.9 Å². The van der Waals surface area contributed by atoms with E-state index in [1.165, 1.54) is 0 Å². The maximum Gasteiger partial charge on any atom is 0.220 e. The summed E-state index contributed by atoms with van der Waals surface area (Å²) in [5.74, 6) is 0.283. The van der Waals surface area contributed by atoms with Gasteiger partial charge in [0, 0.05) is 26.3 Å². The Balaban J connectivity index is 2.19. The van der Waals surface area contributed by atoms with Crippen LogP contribution in [0.25, 0.3) is 0 Å². The minimum atomic E-state index is 0.0363. The third-order valence-electron chi connectivity index (χ3n) is 2.02. The van der Waals surface area contributed by atoms with E-state index in [1.807, 2.05) is 13.0 Å². The van der Waals surface area contributed by atoms with Gasteiger partial charge in [-0.05, 0) is 12.0 Å². The van der Waals surface area contributed by atoms with Crippen molar-refractivity contribution < 1.29 is 9.53 Å². The first kappa shape index (κ1) is 11.7. The lowest BCUT2D eigenvalue weighted by molar-refractivity contribution is -0.122. The van der Waals surface area contributed by atoms with Gasteiger partial charge in [0.1, 0.15) is 0 Å². The molecule has 0 fully saturated rings. The second kappa shape index (κ2) is 6.19. The van der Waals surface area contributed by atoms with Gasteiger partial charge in [-0.1, -0.05) is 6.92 Å². The Morgan fingerprint density at radius 2 is 2.53 bits per heavy atom. The van der Waals surface area contributed by atoms with Crippen LogP contribution in [-0.2, 0) is 16.1 Å². The highest BCUT2D eigenvalue weighted by atomic mass is 16.5. The van der Waals surface area contributed by atoms with E-state index in [0.29, 0.717) is 19.6 Å². The predicted octanol–water partition coefficient (Wildman–Crippen LogP) is 0.698. The lowest BCUT2D eigenvalue weighted by Gasteiger charge is -2.09. The van der Waals surface area contributed by atoms with Crippen LogP contribution in [0.3, 0.4) is 0 Å². The average molecular weight is 211 g/mol. The Morgan fingerprint density at radius 1 is 1.73 bits per heavy atom. The molecular formula is C10H17N3O2. The standard InChI is InChI=1S/C10H17N3O2/c1-8(7-15-2)5-10(14)11-6-9-3-4-12-13-9/h3-4,8H,5-7H2,1-2H3,(H,11,14)(H,12,13). The van der Waals surface area contributed by atoms with Crippen LogP contribution in [-0.4, -0.2) is 29.8 Å². The molecule has 1 aromatic heterocycles. The largest absolute Gasteiger partial charge is 0.384 e. The number of carbonyl (C=O) groups excluding carboxylic acids is 1. The van der Waals surface area contributed by atoms with Crippen molar-refractivity contribution in [3.05, 3.63) is 18.0 Å². The monoisotopic (exact) mass is 211 g/mol. The van der Waals surface area contributed by atoms with Crippen LogP contribution >= 0.6 is 0 Å². The zero-order valence-corrected chi connectivity index (χ0v) is 9.12. The van der Waals surface area contributed by atoms with Gasteiger partial charge in [0.15, 0.2) is 0 Å². The molecule has 0 aliphatic carbocycles. The van der Waals surface area contributed by atoms with E-state index in [-0.39, 0.29) is 11.8 Å². The summed E-state index contributed by atoms with van der Waals surface area (Å²) in [5.41, 5.74) is 0.905. The van der Waals surface area contributed by atoms with Gasteiger partial charge in [0.2, 0.25) is 5.91 Å². The Bertz CT molecular complexity index is 285. The summed E-state index contributed by atoms with van der Waals surface area (Å²) >= 11 is 0. The molecule has 5 heteroatoms. The summed E-state index contributed by atoms with van der Waals surface area (Å²) in [6.07, 6.45) is 2.15. The van der Waals surface area contributed by atoms with E-state index in [1.54, 1.807) is 13.3 Å². The normalized spacial score (nSPS) is 12.4. The van der Waals surface area contributed by atoms with Crippen molar-refractivity contribution in [1.82, 2.24) is 15.5 Å². The van der Waals surface area contributed by atoms with E-state index >= 15 is 0 Å². The molecule has 0 saturated heterocycles. The van der Waals surface area contributed by atoms with E-state index in [0.717, 1.165) is 5.69 Å². The number of nitrogens with zero attached hydrogens (tertiary/aromatic N) is 1. The van der Waals surface area contributed by atoms with Crippen LogP contribution in [0.5, 0.6) is 0 Å². The van der Waals surface area contributed by atoms with E-state index in [2.05, 4.69) is 15.5 Å². The molecule has 1 unspecified atom stereocenters. The molecule has 1 rings (SSSR count). The number of hydrogen-bond acceptors (Lipinski definition) is 3. The number of amides is 1. The number of rotatable bonds is 6. The maximum atomic E-state index is 11.4. The van der Waals surface area contributed by atoms with E-state index < -0.39 is 0 Å². The van der Waals surface area contributed by atoms with E-state index in [9.17, 15) is 4.79 Å². The molecule has 1 heterocycles. The molecule has 0 aliphatic rings. The van der Waals surface area contributed by atoms with Crippen molar-refractivity contribution in [3.8, 4) is 0 Å². The number of H-pyrrole nitrogens is 1. The van der Waals surface area contributed by atoms with Crippen LogP contribution in [0.15, 0.2) is 12.3 Å². The van der Waals surface area contributed by atoms with Crippen LogP contribution < -0.4 is 5.32 Å². The van der Waals surface area contributed by atoms with Crippen molar-refractivity contribution in [2.75, 3.05) is 13.7 Å². The fraction of sp³-hybridized carbons (Fsp3) is 0.600. The van der Waals surface area contributed by atoms with Crippen molar-refractivity contribution in [1.29, 1.82) is 0 Å². The van der Waals surface area contributed by atoms with Crippen LogP contribution in [0.1, 0.15) is 19.0 Å². The third-order valence-corrected chi connectivity index (χ3v) is 2.02. The Labute approximate surface area is 89.2 Å². The van der Waals surface area contributed by atoms with Crippen molar-refractivity contribution >= 4 is 5.91 Å². The van der Waals surface area contributed by atoms with Crippen LogP contribution in [0, 0.1) is 5.92 Å². The molecule has 0 saturated carbocycles. The summed E-state index contributed by atoms with van der Waals surface area (Å²) in [6.45, 7) is 3.09. The quantitative estimate of drug-likeness (QED) is 0.727. The SMILES string of the molecule is COCC(C)CC(=O)NCc1ccn[nH]1. The third kappa shape index (κ3) is 4.60. The number of methoxy groups -OCH3 is 1. The van der Waals surface area contributed by atoms with Gasteiger partial charge in [-0.2, -0.15) is 5.10 Å². The topological polar surface area (TPSA) is 67.0 Å². The van der Waals surface area contributed by atoms with Gasteiger partial charge in [0.25, 0.3) is 0 Å². The highest BCUT2D eigenvalue weighted by Gasteiger charge is 2.08.